The highest BCUT2D eigenvalue weighted by atomic mass is 16.5. The molecule has 0 spiro atoms. The number of hydrogen-bond acceptors (Lipinski definition) is 5. The fraction of sp³-hybridized carbons (Fsp3) is 0.312. The van der Waals surface area contributed by atoms with Crippen LogP contribution < -0.4 is 10.1 Å². The number of benzene rings is 1. The minimum absolute atomic E-state index is 0.0158. The highest BCUT2D eigenvalue weighted by molar-refractivity contribution is 5.92. The summed E-state index contributed by atoms with van der Waals surface area (Å²) in [5, 5.41) is 15.5. The Kier molecular flexibility index (Phi) is 5.35. The Labute approximate surface area is 133 Å². The van der Waals surface area contributed by atoms with Crippen molar-refractivity contribution < 1.29 is 24.0 Å². The van der Waals surface area contributed by atoms with Gasteiger partial charge in [0.25, 0.3) is 5.91 Å². The molecular formula is C16H18N2O5. The summed E-state index contributed by atoms with van der Waals surface area (Å²) in [6, 6.07) is 8.69. The summed E-state index contributed by atoms with van der Waals surface area (Å²) in [6.07, 6.45) is 0.247. The summed E-state index contributed by atoms with van der Waals surface area (Å²) in [5.41, 5.74) is 0.901. The molecule has 0 aliphatic rings. The van der Waals surface area contributed by atoms with Crippen molar-refractivity contribution in [3.63, 3.8) is 0 Å². The van der Waals surface area contributed by atoms with Crippen LogP contribution in [0.3, 0.4) is 0 Å². The third-order valence-corrected chi connectivity index (χ3v) is 3.38. The summed E-state index contributed by atoms with van der Waals surface area (Å²) in [7, 11) is 1.53. The molecule has 0 aliphatic heterocycles. The van der Waals surface area contributed by atoms with Gasteiger partial charge < -0.3 is 19.7 Å². The first-order valence-electron chi connectivity index (χ1n) is 7.07. The molecule has 0 radical (unpaired) electrons. The van der Waals surface area contributed by atoms with Crippen molar-refractivity contribution in [1.29, 1.82) is 0 Å². The lowest BCUT2D eigenvalue weighted by molar-refractivity contribution is -0.141. The number of aromatic nitrogens is 1. The molecule has 2 N–H and O–H groups in total. The first-order valence-corrected chi connectivity index (χ1v) is 7.07. The maximum atomic E-state index is 11.9. The van der Waals surface area contributed by atoms with E-state index in [4.69, 9.17) is 9.26 Å². The molecule has 1 unspecified atom stereocenters. The minimum atomic E-state index is -0.993. The van der Waals surface area contributed by atoms with E-state index in [1.54, 1.807) is 19.1 Å². The van der Waals surface area contributed by atoms with Gasteiger partial charge in [-0.1, -0.05) is 23.4 Å². The normalized spacial score (nSPS) is 11.7. The first-order chi connectivity index (χ1) is 11.0. The SMILES string of the molecule is COc1ccccc1CC(CNC(=O)c1cc(C)on1)C(=O)O. The number of nitrogens with zero attached hydrogens (tertiary/aromatic N) is 1. The number of amides is 1. The lowest BCUT2D eigenvalue weighted by Gasteiger charge is -2.15. The number of aryl methyl sites for hydroxylation is 1. The van der Waals surface area contributed by atoms with Crippen molar-refractivity contribution in [1.82, 2.24) is 10.5 Å². The van der Waals surface area contributed by atoms with Crippen LogP contribution in [-0.4, -0.2) is 35.8 Å². The van der Waals surface area contributed by atoms with Crippen molar-refractivity contribution in [3.8, 4) is 5.75 Å². The Morgan fingerprint density at radius 3 is 2.74 bits per heavy atom. The number of carboxylic acids is 1. The smallest absolute Gasteiger partial charge is 0.308 e. The lowest BCUT2D eigenvalue weighted by atomic mass is 9.98. The van der Waals surface area contributed by atoms with E-state index in [9.17, 15) is 14.7 Å². The average molecular weight is 318 g/mol. The van der Waals surface area contributed by atoms with E-state index >= 15 is 0 Å². The molecule has 122 valence electrons. The molecule has 0 fully saturated rings. The van der Waals surface area contributed by atoms with Gasteiger partial charge in [0.1, 0.15) is 11.5 Å². The second-order valence-corrected chi connectivity index (χ2v) is 5.08. The topological polar surface area (TPSA) is 102 Å². The van der Waals surface area contributed by atoms with E-state index in [1.165, 1.54) is 13.2 Å². The number of carbonyl (C=O) groups is 2. The third kappa shape index (κ3) is 4.32. The summed E-state index contributed by atoms with van der Waals surface area (Å²) >= 11 is 0. The minimum Gasteiger partial charge on any atom is -0.496 e. The number of aliphatic carboxylic acids is 1. The van der Waals surface area contributed by atoms with Crippen molar-refractivity contribution in [2.75, 3.05) is 13.7 Å². The molecular weight excluding hydrogens is 300 g/mol. The van der Waals surface area contributed by atoms with Crippen LogP contribution in [0.1, 0.15) is 21.8 Å². The molecule has 0 bridgehead atoms. The van der Waals surface area contributed by atoms with Crippen LogP contribution in [0.15, 0.2) is 34.9 Å². The molecule has 7 nitrogen and oxygen atoms in total. The van der Waals surface area contributed by atoms with Crippen molar-refractivity contribution in [2.45, 2.75) is 13.3 Å². The van der Waals surface area contributed by atoms with Crippen molar-refractivity contribution >= 4 is 11.9 Å². The van der Waals surface area contributed by atoms with Gasteiger partial charge in [-0.25, -0.2) is 0 Å². The number of nitrogens with one attached hydrogen (secondary N) is 1. The number of methoxy groups -OCH3 is 1. The Morgan fingerprint density at radius 1 is 1.39 bits per heavy atom. The van der Waals surface area contributed by atoms with E-state index in [1.807, 2.05) is 12.1 Å². The predicted octanol–water partition coefficient (Wildman–Crippen LogP) is 1.66. The van der Waals surface area contributed by atoms with Crippen LogP contribution in [0.2, 0.25) is 0 Å². The lowest BCUT2D eigenvalue weighted by Crippen LogP contribution is -2.34. The highest BCUT2D eigenvalue weighted by Gasteiger charge is 2.21. The fourth-order valence-electron chi connectivity index (χ4n) is 2.16. The zero-order valence-corrected chi connectivity index (χ0v) is 12.9. The van der Waals surface area contributed by atoms with Crippen LogP contribution >= 0.6 is 0 Å². The summed E-state index contributed by atoms with van der Waals surface area (Å²) in [5.74, 6) is -1.10. The molecule has 23 heavy (non-hydrogen) atoms. The summed E-state index contributed by atoms with van der Waals surface area (Å²) in [4.78, 5) is 23.3. The average Bonchev–Trinajstić information content (AvgIpc) is 2.97. The molecule has 1 amide bonds. The highest BCUT2D eigenvalue weighted by Crippen LogP contribution is 2.21. The molecule has 1 aromatic carbocycles. The second-order valence-electron chi connectivity index (χ2n) is 5.08. The molecule has 0 saturated carbocycles. The fourth-order valence-corrected chi connectivity index (χ4v) is 2.16. The van der Waals surface area contributed by atoms with Gasteiger partial charge in [-0.2, -0.15) is 0 Å². The maximum absolute atomic E-state index is 11.9. The van der Waals surface area contributed by atoms with Gasteiger partial charge >= 0.3 is 5.97 Å². The monoisotopic (exact) mass is 318 g/mol. The van der Waals surface area contributed by atoms with E-state index in [-0.39, 0.29) is 18.7 Å². The number of carbonyl (C=O) groups excluding carboxylic acids is 1. The quantitative estimate of drug-likeness (QED) is 0.805. The van der Waals surface area contributed by atoms with E-state index in [2.05, 4.69) is 10.5 Å². The standard InChI is InChI=1S/C16H18N2O5/c1-10-7-13(18-23-10)15(19)17-9-12(16(20)21)8-11-5-3-4-6-14(11)22-2/h3-7,12H,8-9H2,1-2H3,(H,17,19)(H,20,21). The molecule has 1 atom stereocenters. The molecule has 1 aromatic heterocycles. The molecule has 2 rings (SSSR count). The number of hydrogen-bond donors (Lipinski definition) is 2. The third-order valence-electron chi connectivity index (χ3n) is 3.38. The van der Waals surface area contributed by atoms with E-state index < -0.39 is 17.8 Å². The van der Waals surface area contributed by atoms with Gasteiger partial charge in [0.15, 0.2) is 5.69 Å². The molecule has 7 heteroatoms. The Bertz CT molecular complexity index is 695. The predicted molar refractivity (Wildman–Crippen MR) is 81.4 cm³/mol. The molecule has 2 aromatic rings. The zero-order valence-electron chi connectivity index (χ0n) is 12.9. The zero-order chi connectivity index (χ0) is 16.8. The number of carboxylic acid groups (broad SMARTS) is 1. The summed E-state index contributed by atoms with van der Waals surface area (Å²) in [6.45, 7) is 1.66. The maximum Gasteiger partial charge on any atom is 0.308 e. The Hall–Kier alpha value is -2.83. The van der Waals surface area contributed by atoms with Crippen LogP contribution in [0.5, 0.6) is 5.75 Å². The number of para-hydroxylation sites is 1. The summed E-state index contributed by atoms with van der Waals surface area (Å²) < 4.78 is 10.0. The van der Waals surface area contributed by atoms with Crippen LogP contribution in [0.25, 0.3) is 0 Å². The van der Waals surface area contributed by atoms with Gasteiger partial charge in [-0.3, -0.25) is 9.59 Å². The van der Waals surface area contributed by atoms with Gasteiger partial charge in [0.05, 0.1) is 13.0 Å². The van der Waals surface area contributed by atoms with Gasteiger partial charge in [-0.15, -0.1) is 0 Å². The van der Waals surface area contributed by atoms with Crippen LogP contribution in [-0.2, 0) is 11.2 Å². The van der Waals surface area contributed by atoms with E-state index in [0.717, 1.165) is 5.56 Å². The Balaban J connectivity index is 2.02. The first kappa shape index (κ1) is 16.5. The number of ether oxygens (including phenoxy) is 1. The van der Waals surface area contributed by atoms with Crippen LogP contribution in [0.4, 0.5) is 0 Å². The molecule has 1 heterocycles. The molecule has 0 saturated heterocycles. The van der Waals surface area contributed by atoms with Crippen molar-refractivity contribution in [2.24, 2.45) is 5.92 Å². The second kappa shape index (κ2) is 7.44. The van der Waals surface area contributed by atoms with Crippen molar-refractivity contribution in [3.05, 3.63) is 47.3 Å². The Morgan fingerprint density at radius 2 is 2.13 bits per heavy atom. The van der Waals surface area contributed by atoms with Gasteiger partial charge in [0.2, 0.25) is 0 Å². The van der Waals surface area contributed by atoms with E-state index in [0.29, 0.717) is 11.5 Å². The number of rotatable bonds is 7. The van der Waals surface area contributed by atoms with Gasteiger partial charge in [-0.05, 0) is 25.0 Å². The van der Waals surface area contributed by atoms with Crippen LogP contribution in [0, 0.1) is 12.8 Å². The molecule has 0 aliphatic carbocycles. The largest absolute Gasteiger partial charge is 0.496 e. The van der Waals surface area contributed by atoms with Gasteiger partial charge in [0, 0.05) is 12.6 Å².